The Hall–Kier alpha value is -3.09. The SMILES string of the molecule is ClCc1ccc(-c2c3ccccc3c(-c3ccccc3)c3ccccc23)cc1. The summed E-state index contributed by atoms with van der Waals surface area (Å²) in [4.78, 5) is 0. The molecule has 1 heteroatoms. The van der Waals surface area contributed by atoms with Crippen molar-refractivity contribution >= 4 is 33.1 Å². The highest BCUT2D eigenvalue weighted by Crippen LogP contribution is 2.43. The van der Waals surface area contributed by atoms with E-state index in [-0.39, 0.29) is 0 Å². The maximum Gasteiger partial charge on any atom is 0.0474 e. The third kappa shape index (κ3) is 2.78. The maximum absolute atomic E-state index is 6.00. The van der Waals surface area contributed by atoms with Gasteiger partial charge in [0.1, 0.15) is 0 Å². The summed E-state index contributed by atoms with van der Waals surface area (Å²) in [5.41, 5.74) is 6.19. The topological polar surface area (TPSA) is 0 Å². The largest absolute Gasteiger partial charge is 0.122 e. The van der Waals surface area contributed by atoms with Gasteiger partial charge in [-0.15, -0.1) is 11.6 Å². The fourth-order valence-electron chi connectivity index (χ4n) is 4.12. The molecule has 0 N–H and O–H groups in total. The van der Waals surface area contributed by atoms with E-state index in [4.69, 9.17) is 11.6 Å². The summed E-state index contributed by atoms with van der Waals surface area (Å²) in [7, 11) is 0. The molecule has 28 heavy (non-hydrogen) atoms. The highest BCUT2D eigenvalue weighted by molar-refractivity contribution is 6.21. The fourth-order valence-corrected chi connectivity index (χ4v) is 4.29. The zero-order valence-electron chi connectivity index (χ0n) is 15.4. The number of alkyl halides is 1. The van der Waals surface area contributed by atoms with Gasteiger partial charge < -0.3 is 0 Å². The molecule has 0 heterocycles. The van der Waals surface area contributed by atoms with Gasteiger partial charge in [0.15, 0.2) is 0 Å². The van der Waals surface area contributed by atoms with Crippen LogP contribution in [0.3, 0.4) is 0 Å². The molecule has 0 aliphatic rings. The van der Waals surface area contributed by atoms with E-state index in [0.29, 0.717) is 5.88 Å². The molecule has 0 spiro atoms. The lowest BCUT2D eigenvalue weighted by Gasteiger charge is -2.17. The van der Waals surface area contributed by atoms with Crippen molar-refractivity contribution in [3.8, 4) is 22.3 Å². The Bertz CT molecular complexity index is 1210. The normalized spacial score (nSPS) is 11.2. The van der Waals surface area contributed by atoms with E-state index in [1.54, 1.807) is 0 Å². The van der Waals surface area contributed by atoms with Gasteiger partial charge in [-0.3, -0.25) is 0 Å². The monoisotopic (exact) mass is 378 g/mol. The van der Waals surface area contributed by atoms with Crippen molar-refractivity contribution in [1.82, 2.24) is 0 Å². The van der Waals surface area contributed by atoms with Crippen LogP contribution in [0.1, 0.15) is 5.56 Å². The summed E-state index contributed by atoms with van der Waals surface area (Å²) in [5.74, 6) is 0.536. The minimum atomic E-state index is 0.536. The first-order valence-electron chi connectivity index (χ1n) is 9.51. The molecule has 0 amide bonds. The second-order valence-corrected chi connectivity index (χ2v) is 7.31. The molecule has 134 valence electrons. The summed E-state index contributed by atoms with van der Waals surface area (Å²) in [6, 6.07) is 36.8. The van der Waals surface area contributed by atoms with Crippen molar-refractivity contribution < 1.29 is 0 Å². The van der Waals surface area contributed by atoms with E-state index in [1.165, 1.54) is 43.8 Å². The molecule has 0 radical (unpaired) electrons. The lowest BCUT2D eigenvalue weighted by atomic mass is 9.86. The van der Waals surface area contributed by atoms with Gasteiger partial charge in [-0.25, -0.2) is 0 Å². The van der Waals surface area contributed by atoms with Gasteiger partial charge in [-0.2, -0.15) is 0 Å². The van der Waals surface area contributed by atoms with Crippen LogP contribution in [0.4, 0.5) is 0 Å². The Morgan fingerprint density at radius 3 is 1.25 bits per heavy atom. The zero-order valence-corrected chi connectivity index (χ0v) is 16.2. The molecule has 0 saturated carbocycles. The molecular formula is C27H19Cl. The van der Waals surface area contributed by atoms with Gasteiger partial charge in [0, 0.05) is 5.88 Å². The van der Waals surface area contributed by atoms with Crippen molar-refractivity contribution in [3.63, 3.8) is 0 Å². The van der Waals surface area contributed by atoms with E-state index in [1.807, 2.05) is 0 Å². The number of hydrogen-bond donors (Lipinski definition) is 0. The first-order valence-corrected chi connectivity index (χ1v) is 10.0. The average Bonchev–Trinajstić information content (AvgIpc) is 2.78. The second kappa shape index (κ2) is 7.14. The molecule has 0 nitrogen and oxygen atoms in total. The standard InChI is InChI=1S/C27H19Cl/c28-18-19-14-16-21(17-15-19)27-24-12-6-4-10-22(24)26(20-8-2-1-3-9-20)23-11-5-7-13-25(23)27/h1-17H,18H2. The van der Waals surface area contributed by atoms with Gasteiger partial charge in [0.2, 0.25) is 0 Å². The zero-order chi connectivity index (χ0) is 18.9. The van der Waals surface area contributed by atoms with Crippen LogP contribution in [-0.2, 0) is 5.88 Å². The van der Waals surface area contributed by atoms with Crippen LogP contribution in [0.15, 0.2) is 103 Å². The van der Waals surface area contributed by atoms with Crippen LogP contribution >= 0.6 is 11.6 Å². The Balaban J connectivity index is 1.94. The summed E-state index contributed by atoms with van der Waals surface area (Å²) < 4.78 is 0. The maximum atomic E-state index is 6.00. The van der Waals surface area contributed by atoms with Gasteiger partial charge in [0.25, 0.3) is 0 Å². The van der Waals surface area contributed by atoms with Crippen molar-refractivity contribution in [2.45, 2.75) is 5.88 Å². The van der Waals surface area contributed by atoms with Gasteiger partial charge >= 0.3 is 0 Å². The molecule has 5 aromatic rings. The predicted octanol–water partition coefficient (Wildman–Crippen LogP) is 8.07. The lowest BCUT2D eigenvalue weighted by Crippen LogP contribution is -1.90. The Morgan fingerprint density at radius 2 is 0.821 bits per heavy atom. The summed E-state index contributed by atoms with van der Waals surface area (Å²) in [6.45, 7) is 0. The van der Waals surface area contributed by atoms with Crippen LogP contribution in [0, 0.1) is 0 Å². The van der Waals surface area contributed by atoms with Crippen molar-refractivity contribution in [3.05, 3.63) is 109 Å². The average molecular weight is 379 g/mol. The van der Waals surface area contributed by atoms with E-state index < -0.39 is 0 Å². The van der Waals surface area contributed by atoms with E-state index >= 15 is 0 Å². The summed E-state index contributed by atoms with van der Waals surface area (Å²) >= 11 is 6.00. The molecule has 0 fully saturated rings. The molecule has 5 rings (SSSR count). The molecule has 0 aliphatic heterocycles. The molecule has 0 aliphatic carbocycles. The van der Waals surface area contributed by atoms with E-state index in [9.17, 15) is 0 Å². The fraction of sp³-hybridized carbons (Fsp3) is 0.0370. The Labute approximate surface area is 170 Å². The highest BCUT2D eigenvalue weighted by atomic mass is 35.5. The van der Waals surface area contributed by atoms with Crippen LogP contribution in [-0.4, -0.2) is 0 Å². The molecule has 0 bridgehead atoms. The van der Waals surface area contributed by atoms with Crippen LogP contribution < -0.4 is 0 Å². The first kappa shape index (κ1) is 17.0. The third-order valence-electron chi connectivity index (χ3n) is 5.39. The minimum Gasteiger partial charge on any atom is -0.122 e. The van der Waals surface area contributed by atoms with Crippen LogP contribution in [0.25, 0.3) is 43.8 Å². The van der Waals surface area contributed by atoms with Gasteiger partial charge in [0.05, 0.1) is 0 Å². The molecule has 0 saturated heterocycles. The second-order valence-electron chi connectivity index (χ2n) is 7.04. The molecular weight excluding hydrogens is 360 g/mol. The molecule has 0 unspecified atom stereocenters. The Kier molecular flexibility index (Phi) is 4.35. The summed E-state index contributed by atoms with van der Waals surface area (Å²) in [6.07, 6.45) is 0. The number of fused-ring (bicyclic) bond motifs is 2. The lowest BCUT2D eigenvalue weighted by molar-refractivity contribution is 1.41. The van der Waals surface area contributed by atoms with E-state index in [2.05, 4.69) is 103 Å². The van der Waals surface area contributed by atoms with Crippen LogP contribution in [0.5, 0.6) is 0 Å². The third-order valence-corrected chi connectivity index (χ3v) is 5.70. The smallest absolute Gasteiger partial charge is 0.0474 e. The number of hydrogen-bond acceptors (Lipinski definition) is 0. The number of rotatable bonds is 3. The highest BCUT2D eigenvalue weighted by Gasteiger charge is 2.15. The van der Waals surface area contributed by atoms with Crippen molar-refractivity contribution in [2.24, 2.45) is 0 Å². The van der Waals surface area contributed by atoms with E-state index in [0.717, 1.165) is 5.56 Å². The molecule has 0 atom stereocenters. The quantitative estimate of drug-likeness (QED) is 0.220. The van der Waals surface area contributed by atoms with Crippen LogP contribution in [0.2, 0.25) is 0 Å². The van der Waals surface area contributed by atoms with Gasteiger partial charge in [-0.1, -0.05) is 103 Å². The molecule has 0 aromatic heterocycles. The van der Waals surface area contributed by atoms with Crippen molar-refractivity contribution in [1.29, 1.82) is 0 Å². The van der Waals surface area contributed by atoms with Crippen molar-refractivity contribution in [2.75, 3.05) is 0 Å². The minimum absolute atomic E-state index is 0.536. The Morgan fingerprint density at radius 1 is 0.429 bits per heavy atom. The first-order chi connectivity index (χ1) is 13.9. The van der Waals surface area contributed by atoms with Gasteiger partial charge in [-0.05, 0) is 49.4 Å². The number of benzene rings is 5. The summed E-state index contributed by atoms with van der Waals surface area (Å²) in [5, 5.41) is 5.12. The predicted molar refractivity (Wildman–Crippen MR) is 122 cm³/mol. The number of halogens is 1. The molecule has 5 aromatic carbocycles.